The summed E-state index contributed by atoms with van der Waals surface area (Å²) in [5, 5.41) is 2.72. The summed E-state index contributed by atoms with van der Waals surface area (Å²) in [5.74, 6) is 0.0952. The van der Waals surface area contributed by atoms with E-state index in [9.17, 15) is 9.59 Å². The van der Waals surface area contributed by atoms with Gasteiger partial charge in [0.2, 0.25) is 5.91 Å². The van der Waals surface area contributed by atoms with Crippen molar-refractivity contribution in [2.75, 3.05) is 25.9 Å². The van der Waals surface area contributed by atoms with E-state index in [1.165, 1.54) is 7.11 Å². The zero-order valence-electron chi connectivity index (χ0n) is 12.4. The van der Waals surface area contributed by atoms with Crippen LogP contribution in [0.5, 0.6) is 5.75 Å². The highest BCUT2D eigenvalue weighted by molar-refractivity contribution is 5.98. The number of anilines is 1. The number of nitrogen functional groups attached to an aromatic ring is 1. The first-order valence-electron chi connectivity index (χ1n) is 7.06. The van der Waals surface area contributed by atoms with E-state index in [1.54, 1.807) is 30.0 Å². The number of rotatable bonds is 4. The second-order valence-corrected chi connectivity index (χ2v) is 5.18. The van der Waals surface area contributed by atoms with E-state index >= 15 is 0 Å². The number of hydrogen-bond donors (Lipinski definition) is 2. The number of nitrogens with zero attached hydrogens (tertiary/aromatic N) is 1. The van der Waals surface area contributed by atoms with E-state index < -0.39 is 6.04 Å². The first kappa shape index (κ1) is 15.2. The number of nitrogens with one attached hydrogen (secondary N) is 1. The third-order valence-electron chi connectivity index (χ3n) is 3.63. The summed E-state index contributed by atoms with van der Waals surface area (Å²) in [7, 11) is 1.49. The minimum absolute atomic E-state index is 0.0386. The number of methoxy groups -OCH3 is 1. The molecular formula is C15H21N3O3. The molecule has 1 aromatic carbocycles. The number of ether oxygens (including phenoxy) is 1. The molecule has 21 heavy (non-hydrogen) atoms. The van der Waals surface area contributed by atoms with Gasteiger partial charge in [-0.25, -0.2) is 0 Å². The van der Waals surface area contributed by atoms with E-state index in [1.807, 2.05) is 0 Å². The summed E-state index contributed by atoms with van der Waals surface area (Å²) in [4.78, 5) is 26.1. The Morgan fingerprint density at radius 1 is 1.33 bits per heavy atom. The van der Waals surface area contributed by atoms with E-state index in [2.05, 4.69) is 5.32 Å². The van der Waals surface area contributed by atoms with Gasteiger partial charge in [0.25, 0.3) is 5.91 Å². The van der Waals surface area contributed by atoms with Crippen molar-refractivity contribution < 1.29 is 14.3 Å². The molecule has 1 heterocycles. The smallest absolute Gasteiger partial charge is 0.252 e. The summed E-state index contributed by atoms with van der Waals surface area (Å²) in [5.41, 5.74) is 6.60. The SMILES string of the molecule is COc1cc(C(=O)NC(C)C(=O)N2CCCC2)ccc1N. The molecule has 6 heteroatoms. The second kappa shape index (κ2) is 6.47. The molecule has 1 unspecified atom stereocenters. The lowest BCUT2D eigenvalue weighted by molar-refractivity contribution is -0.131. The molecule has 1 aliphatic heterocycles. The van der Waals surface area contributed by atoms with Crippen molar-refractivity contribution in [3.8, 4) is 5.75 Å². The fraction of sp³-hybridized carbons (Fsp3) is 0.467. The van der Waals surface area contributed by atoms with Crippen LogP contribution in [0.3, 0.4) is 0 Å². The van der Waals surface area contributed by atoms with Crippen LogP contribution in [0.1, 0.15) is 30.1 Å². The number of benzene rings is 1. The van der Waals surface area contributed by atoms with Gasteiger partial charge in [-0.3, -0.25) is 9.59 Å². The maximum atomic E-state index is 12.2. The van der Waals surface area contributed by atoms with Gasteiger partial charge >= 0.3 is 0 Å². The first-order chi connectivity index (χ1) is 10.0. The Morgan fingerprint density at radius 3 is 2.62 bits per heavy atom. The molecule has 1 aliphatic rings. The van der Waals surface area contributed by atoms with Crippen molar-refractivity contribution in [3.05, 3.63) is 23.8 Å². The molecule has 114 valence electrons. The van der Waals surface area contributed by atoms with Crippen LogP contribution in [0.4, 0.5) is 5.69 Å². The standard InChI is InChI=1S/C15H21N3O3/c1-10(15(20)18-7-3-4-8-18)17-14(19)11-5-6-12(16)13(9-11)21-2/h5-6,9-10H,3-4,7-8,16H2,1-2H3,(H,17,19). The number of carbonyl (C=O) groups excluding carboxylic acids is 2. The maximum absolute atomic E-state index is 12.2. The third-order valence-corrected chi connectivity index (χ3v) is 3.63. The monoisotopic (exact) mass is 291 g/mol. The van der Waals surface area contributed by atoms with Gasteiger partial charge in [0.15, 0.2) is 0 Å². The number of amides is 2. The molecule has 1 saturated heterocycles. The van der Waals surface area contributed by atoms with Crippen LogP contribution < -0.4 is 15.8 Å². The quantitative estimate of drug-likeness (QED) is 0.811. The van der Waals surface area contributed by atoms with Gasteiger partial charge < -0.3 is 20.7 Å². The van der Waals surface area contributed by atoms with Crippen LogP contribution >= 0.6 is 0 Å². The highest BCUT2D eigenvalue weighted by Crippen LogP contribution is 2.22. The lowest BCUT2D eigenvalue weighted by atomic mass is 10.1. The van der Waals surface area contributed by atoms with Crippen LogP contribution in [-0.2, 0) is 4.79 Å². The average Bonchev–Trinajstić information content (AvgIpc) is 3.00. The van der Waals surface area contributed by atoms with Crippen molar-refractivity contribution >= 4 is 17.5 Å². The van der Waals surface area contributed by atoms with Crippen molar-refractivity contribution in [3.63, 3.8) is 0 Å². The highest BCUT2D eigenvalue weighted by Gasteiger charge is 2.24. The Hall–Kier alpha value is -2.24. The molecule has 3 N–H and O–H groups in total. The predicted molar refractivity (Wildman–Crippen MR) is 80.1 cm³/mol. The van der Waals surface area contributed by atoms with Crippen LogP contribution in [0, 0.1) is 0 Å². The largest absolute Gasteiger partial charge is 0.495 e. The maximum Gasteiger partial charge on any atom is 0.252 e. The molecule has 0 saturated carbocycles. The molecule has 0 bridgehead atoms. The zero-order valence-corrected chi connectivity index (χ0v) is 12.4. The van der Waals surface area contributed by atoms with Crippen molar-refractivity contribution in [2.45, 2.75) is 25.8 Å². The van der Waals surface area contributed by atoms with Gasteiger partial charge in [0.05, 0.1) is 12.8 Å². The van der Waals surface area contributed by atoms with Gasteiger partial charge in [-0.15, -0.1) is 0 Å². The van der Waals surface area contributed by atoms with Crippen LogP contribution in [0.15, 0.2) is 18.2 Å². The molecule has 2 rings (SSSR count). The van der Waals surface area contributed by atoms with E-state index in [4.69, 9.17) is 10.5 Å². The van der Waals surface area contributed by atoms with Gasteiger partial charge in [-0.05, 0) is 38.0 Å². The molecule has 2 amide bonds. The Labute approximate surface area is 124 Å². The lowest BCUT2D eigenvalue weighted by Gasteiger charge is -2.21. The topological polar surface area (TPSA) is 84.7 Å². The molecule has 1 aromatic rings. The van der Waals surface area contributed by atoms with Crippen molar-refractivity contribution in [2.24, 2.45) is 0 Å². The summed E-state index contributed by atoms with van der Waals surface area (Å²) in [6.45, 7) is 3.25. The highest BCUT2D eigenvalue weighted by atomic mass is 16.5. The molecule has 0 spiro atoms. The molecule has 0 aliphatic carbocycles. The Bertz CT molecular complexity index is 539. The summed E-state index contributed by atoms with van der Waals surface area (Å²) in [6.07, 6.45) is 2.06. The van der Waals surface area contributed by atoms with Crippen molar-refractivity contribution in [1.29, 1.82) is 0 Å². The van der Waals surface area contributed by atoms with Gasteiger partial charge in [0, 0.05) is 18.7 Å². The molecule has 1 atom stereocenters. The van der Waals surface area contributed by atoms with Crippen LogP contribution in [0.2, 0.25) is 0 Å². The minimum Gasteiger partial charge on any atom is -0.495 e. The number of hydrogen-bond acceptors (Lipinski definition) is 4. The Balaban J connectivity index is 2.01. The Morgan fingerprint density at radius 2 is 2.00 bits per heavy atom. The number of likely N-dealkylation sites (tertiary alicyclic amines) is 1. The summed E-state index contributed by atoms with van der Waals surface area (Å²) in [6, 6.07) is 4.25. The Kier molecular flexibility index (Phi) is 4.67. The van der Waals surface area contributed by atoms with Crippen LogP contribution in [0.25, 0.3) is 0 Å². The van der Waals surface area contributed by atoms with Crippen LogP contribution in [-0.4, -0.2) is 43.0 Å². The van der Waals surface area contributed by atoms with Gasteiger partial charge in [-0.2, -0.15) is 0 Å². The van der Waals surface area contributed by atoms with Gasteiger partial charge in [-0.1, -0.05) is 0 Å². The molecule has 0 radical (unpaired) electrons. The average molecular weight is 291 g/mol. The summed E-state index contributed by atoms with van der Waals surface area (Å²) >= 11 is 0. The second-order valence-electron chi connectivity index (χ2n) is 5.18. The lowest BCUT2D eigenvalue weighted by Crippen LogP contribution is -2.45. The fourth-order valence-electron chi connectivity index (χ4n) is 2.41. The summed E-state index contributed by atoms with van der Waals surface area (Å²) < 4.78 is 5.09. The molecule has 6 nitrogen and oxygen atoms in total. The predicted octanol–water partition coefficient (Wildman–Crippen LogP) is 1.02. The minimum atomic E-state index is -0.542. The van der Waals surface area contributed by atoms with E-state index in [-0.39, 0.29) is 11.8 Å². The fourth-order valence-corrected chi connectivity index (χ4v) is 2.41. The van der Waals surface area contributed by atoms with E-state index in [0.29, 0.717) is 17.0 Å². The number of nitrogens with two attached hydrogens (primary N) is 1. The zero-order chi connectivity index (χ0) is 15.4. The molecule has 0 aromatic heterocycles. The first-order valence-corrected chi connectivity index (χ1v) is 7.06. The van der Waals surface area contributed by atoms with Crippen molar-refractivity contribution in [1.82, 2.24) is 10.2 Å². The molecular weight excluding hydrogens is 270 g/mol. The number of carbonyl (C=O) groups is 2. The molecule has 1 fully saturated rings. The third kappa shape index (κ3) is 3.45. The van der Waals surface area contributed by atoms with Gasteiger partial charge in [0.1, 0.15) is 11.8 Å². The van der Waals surface area contributed by atoms with E-state index in [0.717, 1.165) is 25.9 Å². The normalized spacial score (nSPS) is 15.6.